The van der Waals surface area contributed by atoms with Crippen molar-refractivity contribution in [2.24, 2.45) is 0 Å². The topological polar surface area (TPSA) is 27.7 Å². The predicted molar refractivity (Wildman–Crippen MR) is 108 cm³/mol. The molecule has 0 N–H and O–H groups in total. The van der Waals surface area contributed by atoms with Gasteiger partial charge in [0.15, 0.2) is 46.5 Å². The van der Waals surface area contributed by atoms with Crippen LogP contribution >= 0.6 is 0 Å². The summed E-state index contributed by atoms with van der Waals surface area (Å²) in [4.78, 5) is 0. The Balaban J connectivity index is 1.41. The van der Waals surface area contributed by atoms with E-state index >= 15 is 0 Å². The molecule has 2 saturated heterocycles. The highest BCUT2D eigenvalue weighted by atomic mass is 19.4. The Bertz CT molecular complexity index is 1220. The van der Waals surface area contributed by atoms with Crippen molar-refractivity contribution in [2.75, 3.05) is 26.4 Å². The molecule has 228 valence electrons. The summed E-state index contributed by atoms with van der Waals surface area (Å²) >= 11 is 0. The number of alkyl halides is 6. The first kappa shape index (κ1) is 31.3. The van der Waals surface area contributed by atoms with Crippen LogP contribution in [-0.4, -0.2) is 38.6 Å². The molecule has 2 fully saturated rings. The van der Waals surface area contributed by atoms with Crippen LogP contribution < -0.4 is 0 Å². The zero-order chi connectivity index (χ0) is 30.6. The molecule has 2 heterocycles. The van der Waals surface area contributed by atoms with E-state index in [-0.39, 0.29) is 0 Å². The first-order valence-electron chi connectivity index (χ1n) is 11.6. The second kappa shape index (κ2) is 11.2. The minimum atomic E-state index is -5.58. The summed E-state index contributed by atoms with van der Waals surface area (Å²) in [5.41, 5.74) is -7.60. The number of halogens is 14. The van der Waals surface area contributed by atoms with Crippen molar-refractivity contribution in [1.82, 2.24) is 0 Å². The molecule has 3 nitrogen and oxygen atoms in total. The first-order chi connectivity index (χ1) is 18.9. The maximum Gasteiger partial charge on any atom is 0.419 e. The zero-order valence-corrected chi connectivity index (χ0v) is 20.1. The van der Waals surface area contributed by atoms with Gasteiger partial charge in [-0.2, -0.15) is 26.3 Å². The van der Waals surface area contributed by atoms with Gasteiger partial charge in [0.1, 0.15) is 11.1 Å². The van der Waals surface area contributed by atoms with E-state index in [4.69, 9.17) is 14.2 Å². The van der Waals surface area contributed by atoms with Gasteiger partial charge in [-0.1, -0.05) is 0 Å². The highest BCUT2D eigenvalue weighted by molar-refractivity contribution is 5.39. The molecular formula is C24H16F14O3. The lowest BCUT2D eigenvalue weighted by Crippen LogP contribution is -2.22. The van der Waals surface area contributed by atoms with E-state index in [0.717, 1.165) is 0 Å². The molecule has 0 aromatic heterocycles. The molecule has 4 rings (SSSR count). The van der Waals surface area contributed by atoms with Crippen LogP contribution in [0.1, 0.15) is 46.9 Å². The van der Waals surface area contributed by atoms with Crippen molar-refractivity contribution in [3.63, 3.8) is 0 Å². The van der Waals surface area contributed by atoms with Crippen molar-refractivity contribution in [3.8, 4) is 0 Å². The average Bonchev–Trinajstić information content (AvgIpc) is 3.54. The monoisotopic (exact) mass is 618 g/mol. The molecule has 0 bridgehead atoms. The normalized spacial score (nSPS) is 23.6. The predicted octanol–water partition coefficient (Wildman–Crippen LogP) is 7.30. The minimum Gasteiger partial charge on any atom is -0.376 e. The Labute approximate surface area is 221 Å². The second-order valence-corrected chi connectivity index (χ2v) is 9.40. The van der Waals surface area contributed by atoms with Crippen LogP contribution in [0.4, 0.5) is 61.5 Å². The Kier molecular flexibility index (Phi) is 8.55. The van der Waals surface area contributed by atoms with Gasteiger partial charge in [0.2, 0.25) is 0 Å². The molecule has 2 aromatic rings. The number of hydrogen-bond donors (Lipinski definition) is 0. The smallest absolute Gasteiger partial charge is 0.376 e. The largest absolute Gasteiger partial charge is 0.419 e. The fourth-order valence-corrected chi connectivity index (χ4v) is 5.00. The summed E-state index contributed by atoms with van der Waals surface area (Å²) in [6, 6.07) is 0. The van der Waals surface area contributed by atoms with Gasteiger partial charge in [0.05, 0.1) is 38.6 Å². The van der Waals surface area contributed by atoms with E-state index < -0.39 is 144 Å². The molecule has 0 spiro atoms. The molecule has 2 aromatic carbocycles. The summed E-state index contributed by atoms with van der Waals surface area (Å²) in [6.07, 6.45) is -14.3. The third kappa shape index (κ3) is 5.84. The van der Waals surface area contributed by atoms with Gasteiger partial charge in [0, 0.05) is 23.0 Å². The molecular weight excluding hydrogens is 602 g/mol. The molecule has 4 unspecified atom stereocenters. The van der Waals surface area contributed by atoms with Crippen LogP contribution in [0.5, 0.6) is 0 Å². The summed E-state index contributed by atoms with van der Waals surface area (Å²) in [5.74, 6) is -23.0. The third-order valence-corrected chi connectivity index (χ3v) is 6.76. The highest BCUT2D eigenvalue weighted by Gasteiger charge is 2.47. The van der Waals surface area contributed by atoms with Crippen LogP contribution in [0.25, 0.3) is 0 Å². The van der Waals surface area contributed by atoms with Crippen LogP contribution in [0, 0.1) is 46.5 Å². The standard InChI is InChI=1S/C24H16F14O3/c25-15-11(13(23(33,34)35)17(27)21(31)19(15)29)7-1-9(40-3-7)5-39-6-10-2-8(4-41-10)12-14(24(36,37)38)18(28)22(32)20(30)16(12)26/h7-10H,1-6H2. The van der Waals surface area contributed by atoms with Gasteiger partial charge in [0.25, 0.3) is 0 Å². The van der Waals surface area contributed by atoms with E-state index in [2.05, 4.69) is 0 Å². The van der Waals surface area contributed by atoms with E-state index in [9.17, 15) is 61.5 Å². The van der Waals surface area contributed by atoms with Gasteiger partial charge in [-0.3, -0.25) is 0 Å². The lowest BCUT2D eigenvalue weighted by Gasteiger charge is -2.20. The Hall–Kier alpha value is -2.66. The summed E-state index contributed by atoms with van der Waals surface area (Å²) < 4.78 is 206. The van der Waals surface area contributed by atoms with Gasteiger partial charge in [-0.25, -0.2) is 35.1 Å². The molecule has 4 atom stereocenters. The van der Waals surface area contributed by atoms with E-state index in [1.54, 1.807) is 0 Å². The summed E-state index contributed by atoms with van der Waals surface area (Å²) in [6.45, 7) is -2.22. The van der Waals surface area contributed by atoms with Gasteiger partial charge >= 0.3 is 12.4 Å². The van der Waals surface area contributed by atoms with Gasteiger partial charge in [-0.05, 0) is 12.8 Å². The van der Waals surface area contributed by atoms with Crippen molar-refractivity contribution in [3.05, 3.63) is 68.8 Å². The maximum atomic E-state index is 14.3. The van der Waals surface area contributed by atoms with Crippen LogP contribution in [0.15, 0.2) is 0 Å². The molecule has 2 aliphatic heterocycles. The van der Waals surface area contributed by atoms with Crippen molar-refractivity contribution >= 4 is 0 Å². The number of ether oxygens (including phenoxy) is 3. The quantitative estimate of drug-likeness (QED) is 0.193. The minimum absolute atomic E-state index is 0.446. The highest BCUT2D eigenvalue weighted by Crippen LogP contribution is 2.45. The fraction of sp³-hybridized carbons (Fsp3) is 0.500. The van der Waals surface area contributed by atoms with Gasteiger partial charge < -0.3 is 14.2 Å². The lowest BCUT2D eigenvalue weighted by atomic mass is 9.90. The van der Waals surface area contributed by atoms with Crippen molar-refractivity contribution in [2.45, 2.75) is 49.2 Å². The van der Waals surface area contributed by atoms with Crippen LogP contribution in [0.2, 0.25) is 0 Å². The molecule has 0 amide bonds. The number of rotatable bonds is 6. The molecule has 0 saturated carbocycles. The molecule has 0 aliphatic carbocycles. The van der Waals surface area contributed by atoms with E-state index in [1.807, 2.05) is 0 Å². The Morgan fingerprint density at radius 2 is 0.829 bits per heavy atom. The number of hydrogen-bond acceptors (Lipinski definition) is 3. The SMILES string of the molecule is Fc1c(F)c(F)c(C(F)(F)F)c(C2COC(COCC3CC(c4c(F)c(F)c(F)c(F)c4C(F)(F)F)CO3)C2)c1F. The summed E-state index contributed by atoms with van der Waals surface area (Å²) in [5, 5.41) is 0. The molecule has 2 aliphatic rings. The van der Waals surface area contributed by atoms with Gasteiger partial charge in [-0.15, -0.1) is 0 Å². The van der Waals surface area contributed by atoms with Crippen molar-refractivity contribution < 1.29 is 75.7 Å². The summed E-state index contributed by atoms with van der Waals surface area (Å²) in [7, 11) is 0. The first-order valence-corrected chi connectivity index (χ1v) is 11.6. The van der Waals surface area contributed by atoms with Crippen LogP contribution in [0.3, 0.4) is 0 Å². The van der Waals surface area contributed by atoms with E-state index in [0.29, 0.717) is 0 Å². The third-order valence-electron chi connectivity index (χ3n) is 6.76. The average molecular weight is 618 g/mol. The second-order valence-electron chi connectivity index (χ2n) is 9.40. The number of benzene rings is 2. The Morgan fingerprint density at radius 1 is 0.512 bits per heavy atom. The molecule has 17 heteroatoms. The van der Waals surface area contributed by atoms with Crippen molar-refractivity contribution in [1.29, 1.82) is 0 Å². The lowest BCUT2D eigenvalue weighted by molar-refractivity contribution is -0.142. The Morgan fingerprint density at radius 3 is 1.15 bits per heavy atom. The van der Waals surface area contributed by atoms with Crippen LogP contribution in [-0.2, 0) is 26.6 Å². The zero-order valence-electron chi connectivity index (χ0n) is 20.1. The fourth-order valence-electron chi connectivity index (χ4n) is 5.00. The molecule has 41 heavy (non-hydrogen) atoms. The van der Waals surface area contributed by atoms with E-state index in [1.165, 1.54) is 0 Å². The molecule has 0 radical (unpaired) electrons. The maximum absolute atomic E-state index is 14.3.